The van der Waals surface area contributed by atoms with Gasteiger partial charge in [-0.25, -0.2) is 0 Å². The van der Waals surface area contributed by atoms with Gasteiger partial charge < -0.3 is 14.6 Å². The number of allylic oxidation sites excluding steroid dienone is 1. The predicted octanol–water partition coefficient (Wildman–Crippen LogP) is 6.12. The van der Waals surface area contributed by atoms with Crippen LogP contribution in [0.5, 0.6) is 17.2 Å². The second kappa shape index (κ2) is 9.38. The minimum Gasteiger partial charge on any atom is -0.507 e. The van der Waals surface area contributed by atoms with E-state index in [0.29, 0.717) is 24.3 Å². The minimum atomic E-state index is -0.410. The molecule has 0 heterocycles. The molecular formula is C26H32O4. The summed E-state index contributed by atoms with van der Waals surface area (Å²) in [5, 5.41) is 10.7. The maximum absolute atomic E-state index is 13.1. The fourth-order valence-corrected chi connectivity index (χ4v) is 4.00. The van der Waals surface area contributed by atoms with Gasteiger partial charge in [-0.15, -0.1) is 0 Å². The Morgan fingerprint density at radius 1 is 1.20 bits per heavy atom. The molecule has 0 spiro atoms. The van der Waals surface area contributed by atoms with Crippen LogP contribution in [0.15, 0.2) is 54.1 Å². The lowest BCUT2D eigenvalue weighted by atomic mass is 9.78. The average molecular weight is 409 g/mol. The summed E-state index contributed by atoms with van der Waals surface area (Å²) in [5.74, 6) is 0.914. The quantitative estimate of drug-likeness (QED) is 0.422. The summed E-state index contributed by atoms with van der Waals surface area (Å²) in [5.41, 5.74) is 2.29. The molecule has 1 aliphatic rings. The summed E-state index contributed by atoms with van der Waals surface area (Å²) < 4.78 is 11.9. The number of carbonyl (C=O) groups excluding carboxylic acids is 1. The molecular weight excluding hydrogens is 376 g/mol. The molecule has 0 fully saturated rings. The van der Waals surface area contributed by atoms with Gasteiger partial charge in [0, 0.05) is 25.0 Å². The zero-order valence-corrected chi connectivity index (χ0v) is 18.4. The van der Waals surface area contributed by atoms with E-state index in [4.69, 9.17) is 9.47 Å². The fraction of sp³-hybridized carbons (Fsp3) is 0.423. The van der Waals surface area contributed by atoms with Gasteiger partial charge in [0.1, 0.15) is 28.4 Å². The van der Waals surface area contributed by atoms with Gasteiger partial charge in [-0.2, -0.15) is 0 Å². The van der Waals surface area contributed by atoms with Crippen LogP contribution in [0.3, 0.4) is 0 Å². The number of carbonyl (C=O) groups is 1. The smallest absolute Gasteiger partial charge is 0.170 e. The van der Waals surface area contributed by atoms with Crippen molar-refractivity contribution in [3.8, 4) is 17.2 Å². The Hall–Kier alpha value is -2.75. The van der Waals surface area contributed by atoms with Crippen molar-refractivity contribution >= 4 is 5.78 Å². The van der Waals surface area contributed by atoms with Gasteiger partial charge in [0.25, 0.3) is 0 Å². The van der Waals surface area contributed by atoms with Crippen molar-refractivity contribution in [2.24, 2.45) is 5.92 Å². The Balaban J connectivity index is 1.92. The van der Waals surface area contributed by atoms with Crippen LogP contribution in [-0.2, 0) is 6.42 Å². The van der Waals surface area contributed by atoms with E-state index in [1.54, 1.807) is 13.2 Å². The number of ether oxygens (including phenoxy) is 2. The summed E-state index contributed by atoms with van der Waals surface area (Å²) in [6.45, 7) is 6.43. The summed E-state index contributed by atoms with van der Waals surface area (Å²) in [4.78, 5) is 13.1. The van der Waals surface area contributed by atoms with E-state index in [1.165, 1.54) is 11.6 Å². The summed E-state index contributed by atoms with van der Waals surface area (Å²) in [6.07, 6.45) is 5.76. The number of benzene rings is 2. The van der Waals surface area contributed by atoms with E-state index in [2.05, 4.69) is 26.8 Å². The second-order valence-electron chi connectivity index (χ2n) is 8.50. The van der Waals surface area contributed by atoms with Crippen molar-refractivity contribution < 1.29 is 19.4 Å². The highest BCUT2D eigenvalue weighted by atomic mass is 16.5. The van der Waals surface area contributed by atoms with Gasteiger partial charge >= 0.3 is 0 Å². The van der Waals surface area contributed by atoms with Crippen LogP contribution in [0, 0.1) is 5.92 Å². The normalized spacial score (nSPS) is 18.8. The number of rotatable bonds is 8. The van der Waals surface area contributed by atoms with Crippen LogP contribution < -0.4 is 9.47 Å². The molecule has 4 heteroatoms. The first-order chi connectivity index (χ1) is 14.3. The molecule has 0 saturated carbocycles. The van der Waals surface area contributed by atoms with Gasteiger partial charge in [0.2, 0.25) is 0 Å². The molecule has 1 atom stereocenters. The standard InChI is InChI=1S/C26H32O4/c1-18(2)26(14-12-19(3)13-15-26)30-24-17-21(29-4)16-23(28)25(24)22(27)11-10-20-8-6-5-7-9-20/h5-9,12,16-18,28H,10-11,13-15H2,1-4H3/t26-/m1/s1. The topological polar surface area (TPSA) is 55.8 Å². The Morgan fingerprint density at radius 3 is 2.53 bits per heavy atom. The van der Waals surface area contributed by atoms with Gasteiger partial charge in [0.15, 0.2) is 5.78 Å². The molecule has 0 aliphatic heterocycles. The zero-order chi connectivity index (χ0) is 21.7. The fourth-order valence-electron chi connectivity index (χ4n) is 4.00. The monoisotopic (exact) mass is 408 g/mol. The Labute approximate surface area is 179 Å². The lowest BCUT2D eigenvalue weighted by molar-refractivity contribution is 0.0110. The number of phenols is 1. The number of methoxy groups -OCH3 is 1. The molecule has 0 radical (unpaired) electrons. The Bertz CT molecular complexity index is 914. The second-order valence-corrected chi connectivity index (χ2v) is 8.50. The SMILES string of the molecule is COc1cc(O)c(C(=O)CCc2ccccc2)c(O[C@]2(C(C)C)CC=C(C)CC2)c1. The number of aromatic hydroxyl groups is 1. The number of aryl methyl sites for hydroxylation is 1. The van der Waals surface area contributed by atoms with E-state index in [1.807, 2.05) is 30.3 Å². The Morgan fingerprint density at radius 2 is 1.93 bits per heavy atom. The highest BCUT2D eigenvalue weighted by Gasteiger charge is 2.38. The molecule has 1 aliphatic carbocycles. The van der Waals surface area contributed by atoms with Crippen LogP contribution >= 0.6 is 0 Å². The molecule has 2 aromatic carbocycles. The number of hydrogen-bond donors (Lipinski definition) is 1. The van der Waals surface area contributed by atoms with Crippen LogP contribution in [0.4, 0.5) is 0 Å². The minimum absolute atomic E-state index is 0.0937. The van der Waals surface area contributed by atoms with E-state index < -0.39 is 5.60 Å². The highest BCUT2D eigenvalue weighted by Crippen LogP contribution is 2.42. The molecule has 0 bridgehead atoms. The molecule has 2 aromatic rings. The first-order valence-corrected chi connectivity index (χ1v) is 10.7. The molecule has 0 saturated heterocycles. The lowest BCUT2D eigenvalue weighted by Crippen LogP contribution is -2.43. The van der Waals surface area contributed by atoms with E-state index in [9.17, 15) is 9.90 Å². The summed E-state index contributed by atoms with van der Waals surface area (Å²) in [6, 6.07) is 13.1. The predicted molar refractivity (Wildman–Crippen MR) is 120 cm³/mol. The third-order valence-corrected chi connectivity index (χ3v) is 6.16. The van der Waals surface area contributed by atoms with Crippen molar-refractivity contribution in [3.05, 3.63) is 65.2 Å². The average Bonchev–Trinajstić information content (AvgIpc) is 2.74. The molecule has 0 aromatic heterocycles. The number of ketones is 1. The van der Waals surface area contributed by atoms with Crippen molar-refractivity contribution in [1.29, 1.82) is 0 Å². The van der Waals surface area contributed by atoms with Gasteiger partial charge in [-0.3, -0.25) is 4.79 Å². The van der Waals surface area contributed by atoms with Gasteiger partial charge in [-0.1, -0.05) is 55.8 Å². The van der Waals surface area contributed by atoms with Gasteiger partial charge in [-0.05, 0) is 37.7 Å². The molecule has 4 nitrogen and oxygen atoms in total. The van der Waals surface area contributed by atoms with Crippen LogP contribution in [0.1, 0.15) is 62.4 Å². The van der Waals surface area contributed by atoms with Crippen LogP contribution in [-0.4, -0.2) is 23.6 Å². The number of Topliss-reactive ketones (excluding diaryl/α,β-unsaturated/α-hetero) is 1. The molecule has 30 heavy (non-hydrogen) atoms. The van der Waals surface area contributed by atoms with Crippen molar-refractivity contribution in [2.45, 2.75) is 58.5 Å². The largest absolute Gasteiger partial charge is 0.507 e. The lowest BCUT2D eigenvalue weighted by Gasteiger charge is -2.40. The molecule has 160 valence electrons. The Kier molecular flexibility index (Phi) is 6.86. The maximum Gasteiger partial charge on any atom is 0.170 e. The van der Waals surface area contributed by atoms with E-state index in [-0.39, 0.29) is 23.0 Å². The van der Waals surface area contributed by atoms with Crippen LogP contribution in [0.2, 0.25) is 0 Å². The van der Waals surface area contributed by atoms with E-state index >= 15 is 0 Å². The first kappa shape index (κ1) is 21.9. The van der Waals surface area contributed by atoms with Crippen LogP contribution in [0.25, 0.3) is 0 Å². The third-order valence-electron chi connectivity index (χ3n) is 6.16. The first-order valence-electron chi connectivity index (χ1n) is 10.7. The molecule has 1 N–H and O–H groups in total. The van der Waals surface area contributed by atoms with Gasteiger partial charge in [0.05, 0.1) is 7.11 Å². The summed E-state index contributed by atoms with van der Waals surface area (Å²) >= 11 is 0. The number of phenolic OH excluding ortho intramolecular Hbond substituents is 1. The maximum atomic E-state index is 13.1. The zero-order valence-electron chi connectivity index (χ0n) is 18.4. The number of hydrogen-bond acceptors (Lipinski definition) is 4. The summed E-state index contributed by atoms with van der Waals surface area (Å²) in [7, 11) is 1.54. The molecule has 0 unspecified atom stereocenters. The highest BCUT2D eigenvalue weighted by molar-refractivity contribution is 6.01. The molecule has 3 rings (SSSR count). The third kappa shape index (κ3) is 4.86. The van der Waals surface area contributed by atoms with Crippen molar-refractivity contribution in [3.63, 3.8) is 0 Å². The van der Waals surface area contributed by atoms with E-state index in [0.717, 1.165) is 24.8 Å². The molecule has 0 amide bonds. The van der Waals surface area contributed by atoms with Crippen molar-refractivity contribution in [1.82, 2.24) is 0 Å². The van der Waals surface area contributed by atoms with Crippen molar-refractivity contribution in [2.75, 3.05) is 7.11 Å².